The van der Waals surface area contributed by atoms with Crippen LogP contribution in [0.3, 0.4) is 0 Å². The fourth-order valence-electron chi connectivity index (χ4n) is 4.58. The van der Waals surface area contributed by atoms with Gasteiger partial charge in [0.1, 0.15) is 5.75 Å². The largest absolute Gasteiger partial charge is 0.497 e. The van der Waals surface area contributed by atoms with E-state index in [1.54, 1.807) is 12.0 Å². The Hall–Kier alpha value is -2.86. The molecule has 6 heteroatoms. The zero-order chi connectivity index (χ0) is 21.6. The van der Waals surface area contributed by atoms with Crippen LogP contribution >= 0.6 is 0 Å². The number of likely N-dealkylation sites (tertiary alicyclic amines) is 2. The van der Waals surface area contributed by atoms with E-state index < -0.39 is 0 Å². The highest BCUT2D eigenvalue weighted by atomic mass is 16.5. The fraction of sp³-hybridized carbons (Fsp3) is 0.440. The van der Waals surface area contributed by atoms with Gasteiger partial charge in [0.25, 0.3) is 0 Å². The zero-order valence-corrected chi connectivity index (χ0v) is 18.1. The van der Waals surface area contributed by atoms with Crippen LogP contribution in [0.5, 0.6) is 5.75 Å². The van der Waals surface area contributed by atoms with Gasteiger partial charge in [0, 0.05) is 26.1 Å². The first kappa shape index (κ1) is 21.4. The molecule has 0 radical (unpaired) electrons. The monoisotopic (exact) mass is 421 g/mol. The van der Waals surface area contributed by atoms with Crippen LogP contribution in [0.4, 0.5) is 0 Å². The highest BCUT2D eigenvalue weighted by molar-refractivity contribution is 5.89. The summed E-state index contributed by atoms with van der Waals surface area (Å²) in [6.45, 7) is 3.68. The molecule has 2 fully saturated rings. The number of rotatable bonds is 8. The first-order chi connectivity index (χ1) is 15.1. The maximum atomic E-state index is 12.9. The zero-order valence-electron chi connectivity index (χ0n) is 18.1. The van der Waals surface area contributed by atoms with Gasteiger partial charge in [-0.15, -0.1) is 0 Å². The van der Waals surface area contributed by atoms with Gasteiger partial charge in [0.15, 0.2) is 0 Å². The summed E-state index contributed by atoms with van der Waals surface area (Å²) in [7, 11) is 1.66. The van der Waals surface area contributed by atoms with Crippen LogP contribution in [-0.4, -0.2) is 54.9 Å². The molecular formula is C25H31N3O3. The molecule has 0 aliphatic carbocycles. The van der Waals surface area contributed by atoms with Crippen LogP contribution in [0.2, 0.25) is 0 Å². The minimum Gasteiger partial charge on any atom is -0.497 e. The van der Waals surface area contributed by atoms with Crippen molar-refractivity contribution in [2.75, 3.05) is 33.3 Å². The number of hydrogen-bond acceptors (Lipinski definition) is 4. The first-order valence-electron chi connectivity index (χ1n) is 11.1. The van der Waals surface area contributed by atoms with Crippen molar-refractivity contribution >= 4 is 11.8 Å². The van der Waals surface area contributed by atoms with E-state index in [0.29, 0.717) is 19.6 Å². The first-order valence-corrected chi connectivity index (χ1v) is 11.1. The molecule has 1 N–H and O–H groups in total. The molecule has 2 aliphatic heterocycles. The predicted molar refractivity (Wildman–Crippen MR) is 120 cm³/mol. The van der Waals surface area contributed by atoms with Crippen molar-refractivity contribution in [3.8, 4) is 5.75 Å². The Morgan fingerprint density at radius 2 is 1.81 bits per heavy atom. The van der Waals surface area contributed by atoms with Crippen molar-refractivity contribution in [3.05, 3.63) is 65.7 Å². The van der Waals surface area contributed by atoms with Crippen molar-refractivity contribution in [3.63, 3.8) is 0 Å². The number of ether oxygens (including phenoxy) is 1. The Balaban J connectivity index is 1.36. The van der Waals surface area contributed by atoms with Gasteiger partial charge in [0.2, 0.25) is 11.8 Å². The summed E-state index contributed by atoms with van der Waals surface area (Å²) in [6, 6.07) is 18.2. The van der Waals surface area contributed by atoms with Crippen molar-refractivity contribution < 1.29 is 14.3 Å². The summed E-state index contributed by atoms with van der Waals surface area (Å²) in [5.41, 5.74) is 2.27. The minimum absolute atomic E-state index is 0.0263. The SMILES string of the molecule is COc1ccc(C(CNC(=O)C2CC(=O)N(Cc3ccccc3)C2)N2CCCC2)cc1. The molecule has 0 aromatic heterocycles. The molecule has 2 amide bonds. The third-order valence-electron chi connectivity index (χ3n) is 6.35. The average molecular weight is 422 g/mol. The van der Waals surface area contributed by atoms with Crippen LogP contribution in [-0.2, 0) is 16.1 Å². The number of amides is 2. The van der Waals surface area contributed by atoms with Gasteiger partial charge < -0.3 is 15.0 Å². The molecule has 6 nitrogen and oxygen atoms in total. The lowest BCUT2D eigenvalue weighted by molar-refractivity contribution is -0.129. The summed E-state index contributed by atoms with van der Waals surface area (Å²) >= 11 is 0. The third-order valence-corrected chi connectivity index (χ3v) is 6.35. The molecule has 0 bridgehead atoms. The Morgan fingerprint density at radius 1 is 1.10 bits per heavy atom. The summed E-state index contributed by atoms with van der Waals surface area (Å²) in [5.74, 6) is 0.569. The summed E-state index contributed by atoms with van der Waals surface area (Å²) in [4.78, 5) is 29.6. The quantitative estimate of drug-likeness (QED) is 0.712. The number of benzene rings is 2. The van der Waals surface area contributed by atoms with Crippen LogP contribution in [0.1, 0.15) is 36.4 Å². The van der Waals surface area contributed by atoms with E-state index >= 15 is 0 Å². The molecule has 0 saturated carbocycles. The Labute approximate surface area is 184 Å². The van der Waals surface area contributed by atoms with Crippen molar-refractivity contribution in [1.29, 1.82) is 0 Å². The van der Waals surface area contributed by atoms with Gasteiger partial charge in [-0.25, -0.2) is 0 Å². The molecule has 31 heavy (non-hydrogen) atoms. The molecule has 4 rings (SSSR count). The normalized spacial score (nSPS) is 20.1. The fourth-order valence-corrected chi connectivity index (χ4v) is 4.58. The second kappa shape index (κ2) is 9.96. The van der Waals surface area contributed by atoms with Crippen molar-refractivity contribution in [2.45, 2.75) is 31.8 Å². The van der Waals surface area contributed by atoms with Gasteiger partial charge in [0.05, 0.1) is 19.1 Å². The molecule has 2 saturated heterocycles. The van der Waals surface area contributed by atoms with Gasteiger partial charge in [-0.05, 0) is 49.2 Å². The van der Waals surface area contributed by atoms with Gasteiger partial charge in [-0.3, -0.25) is 14.5 Å². The smallest absolute Gasteiger partial charge is 0.225 e. The van der Waals surface area contributed by atoms with E-state index in [1.807, 2.05) is 42.5 Å². The highest BCUT2D eigenvalue weighted by Crippen LogP contribution is 2.27. The van der Waals surface area contributed by atoms with E-state index in [4.69, 9.17) is 4.74 Å². The number of nitrogens with one attached hydrogen (secondary N) is 1. The number of nitrogens with zero attached hydrogens (tertiary/aromatic N) is 2. The van der Waals surface area contributed by atoms with E-state index in [-0.39, 0.29) is 30.2 Å². The molecular weight excluding hydrogens is 390 g/mol. The summed E-state index contributed by atoms with van der Waals surface area (Å²) in [6.07, 6.45) is 2.66. The standard InChI is InChI=1S/C25H31N3O3/c1-31-22-11-9-20(10-12-22)23(27-13-5-6-14-27)16-26-25(30)21-15-24(29)28(18-21)17-19-7-3-2-4-8-19/h2-4,7-12,21,23H,5-6,13-18H2,1H3,(H,26,30). The topological polar surface area (TPSA) is 61.9 Å². The second-order valence-corrected chi connectivity index (χ2v) is 8.44. The molecule has 2 atom stereocenters. The third kappa shape index (κ3) is 5.25. The average Bonchev–Trinajstić information content (AvgIpc) is 3.45. The van der Waals surface area contributed by atoms with Crippen LogP contribution in [0, 0.1) is 5.92 Å². The molecule has 2 unspecified atom stereocenters. The van der Waals surface area contributed by atoms with Crippen LogP contribution in [0.15, 0.2) is 54.6 Å². The van der Waals surface area contributed by atoms with Crippen molar-refractivity contribution in [2.24, 2.45) is 5.92 Å². The maximum absolute atomic E-state index is 12.9. The number of carbonyl (C=O) groups is 2. The highest BCUT2D eigenvalue weighted by Gasteiger charge is 2.34. The van der Waals surface area contributed by atoms with Gasteiger partial charge in [-0.2, -0.15) is 0 Å². The number of methoxy groups -OCH3 is 1. The van der Waals surface area contributed by atoms with Crippen LogP contribution < -0.4 is 10.1 Å². The second-order valence-electron chi connectivity index (χ2n) is 8.44. The van der Waals surface area contributed by atoms with Gasteiger partial charge in [-0.1, -0.05) is 42.5 Å². The van der Waals surface area contributed by atoms with Crippen LogP contribution in [0.25, 0.3) is 0 Å². The Bertz CT molecular complexity index is 879. The minimum atomic E-state index is -0.286. The van der Waals surface area contributed by atoms with Crippen molar-refractivity contribution in [1.82, 2.24) is 15.1 Å². The molecule has 164 valence electrons. The summed E-state index contributed by atoms with van der Waals surface area (Å²) in [5, 5.41) is 3.14. The van der Waals surface area contributed by atoms with E-state index in [9.17, 15) is 9.59 Å². The number of hydrogen-bond donors (Lipinski definition) is 1. The molecule has 2 aromatic rings. The molecule has 2 aromatic carbocycles. The molecule has 0 spiro atoms. The predicted octanol–water partition coefficient (Wildman–Crippen LogP) is 3.00. The maximum Gasteiger partial charge on any atom is 0.225 e. The number of carbonyl (C=O) groups excluding carboxylic acids is 2. The lowest BCUT2D eigenvalue weighted by atomic mass is 10.0. The summed E-state index contributed by atoms with van der Waals surface area (Å²) < 4.78 is 5.28. The lowest BCUT2D eigenvalue weighted by Crippen LogP contribution is -2.39. The Morgan fingerprint density at radius 3 is 2.48 bits per heavy atom. The molecule has 2 heterocycles. The Kier molecular flexibility index (Phi) is 6.87. The molecule has 2 aliphatic rings. The van der Waals surface area contributed by atoms with E-state index in [1.165, 1.54) is 18.4 Å². The van der Waals surface area contributed by atoms with Gasteiger partial charge >= 0.3 is 0 Å². The van der Waals surface area contributed by atoms with E-state index in [0.717, 1.165) is 24.4 Å². The van der Waals surface area contributed by atoms with E-state index in [2.05, 4.69) is 22.3 Å². The lowest BCUT2D eigenvalue weighted by Gasteiger charge is -2.28.